The third-order valence-corrected chi connectivity index (χ3v) is 4.60. The fourth-order valence-electron chi connectivity index (χ4n) is 3.13. The lowest BCUT2D eigenvalue weighted by molar-refractivity contribution is -0.385. The van der Waals surface area contributed by atoms with Gasteiger partial charge in [-0.3, -0.25) is 14.9 Å². The lowest BCUT2D eigenvalue weighted by Crippen LogP contribution is -2.42. The van der Waals surface area contributed by atoms with Crippen LogP contribution >= 0.6 is 0 Å². The molecule has 0 heterocycles. The van der Waals surface area contributed by atoms with Gasteiger partial charge in [-0.1, -0.05) is 19.3 Å². The molecule has 0 saturated heterocycles. The van der Waals surface area contributed by atoms with Gasteiger partial charge in [0.2, 0.25) is 0 Å². The van der Waals surface area contributed by atoms with Crippen molar-refractivity contribution in [3.63, 3.8) is 0 Å². The van der Waals surface area contributed by atoms with Crippen LogP contribution in [0, 0.1) is 10.1 Å². The Hall–Kier alpha value is -2.84. The van der Waals surface area contributed by atoms with E-state index in [1.54, 1.807) is 6.92 Å². The van der Waals surface area contributed by atoms with E-state index in [9.17, 15) is 19.7 Å². The van der Waals surface area contributed by atoms with Gasteiger partial charge >= 0.3 is 5.97 Å². The molecule has 1 amide bonds. The maximum absolute atomic E-state index is 12.5. The summed E-state index contributed by atoms with van der Waals surface area (Å²) in [4.78, 5) is 35.5. The molecule has 1 fully saturated rings. The van der Waals surface area contributed by atoms with Gasteiger partial charge in [-0.05, 0) is 26.7 Å². The molecule has 1 aliphatic rings. The van der Waals surface area contributed by atoms with Crippen molar-refractivity contribution in [3.05, 3.63) is 27.8 Å². The van der Waals surface area contributed by atoms with Crippen molar-refractivity contribution in [2.24, 2.45) is 0 Å². The lowest BCUT2D eigenvalue weighted by Gasteiger charge is -2.24. The van der Waals surface area contributed by atoms with Gasteiger partial charge in [-0.25, -0.2) is 4.79 Å². The number of benzene rings is 1. The highest BCUT2D eigenvalue weighted by atomic mass is 16.6. The molecule has 0 bridgehead atoms. The molecule has 1 aliphatic carbocycles. The highest BCUT2D eigenvalue weighted by Gasteiger charge is 2.29. The Labute approximate surface area is 163 Å². The Morgan fingerprint density at radius 2 is 1.93 bits per heavy atom. The number of methoxy groups -OCH3 is 1. The molecule has 28 heavy (non-hydrogen) atoms. The van der Waals surface area contributed by atoms with E-state index in [2.05, 4.69) is 5.32 Å². The zero-order chi connectivity index (χ0) is 20.7. The molecule has 1 N–H and O–H groups in total. The second kappa shape index (κ2) is 9.91. The summed E-state index contributed by atoms with van der Waals surface area (Å²) in [6.45, 7) is 3.43. The number of esters is 1. The van der Waals surface area contributed by atoms with Crippen molar-refractivity contribution in [1.29, 1.82) is 0 Å². The number of nitrogens with zero attached hydrogens (tertiary/aromatic N) is 1. The highest BCUT2D eigenvalue weighted by molar-refractivity contribution is 5.96. The van der Waals surface area contributed by atoms with E-state index in [0.717, 1.165) is 38.2 Å². The van der Waals surface area contributed by atoms with E-state index in [1.165, 1.54) is 20.1 Å². The topological polar surface area (TPSA) is 117 Å². The first-order chi connectivity index (χ1) is 13.4. The van der Waals surface area contributed by atoms with Crippen LogP contribution < -0.4 is 14.8 Å². The Balaban J connectivity index is 2.15. The minimum atomic E-state index is -1.08. The summed E-state index contributed by atoms with van der Waals surface area (Å²) in [5.74, 6) is -1.07. The number of carbonyl (C=O) groups excluding carboxylic acids is 2. The van der Waals surface area contributed by atoms with Crippen molar-refractivity contribution < 1.29 is 28.7 Å². The fourth-order valence-corrected chi connectivity index (χ4v) is 3.13. The normalized spacial score (nSPS) is 15.4. The molecule has 0 aliphatic heterocycles. The van der Waals surface area contributed by atoms with Crippen LogP contribution in [0.15, 0.2) is 12.1 Å². The number of hydrogen-bond donors (Lipinski definition) is 1. The van der Waals surface area contributed by atoms with Crippen molar-refractivity contribution in [2.75, 3.05) is 13.7 Å². The fraction of sp³-hybridized carbons (Fsp3) is 0.579. The molecule has 1 aromatic carbocycles. The number of nitro groups is 1. The van der Waals surface area contributed by atoms with Crippen LogP contribution in [0.2, 0.25) is 0 Å². The Bertz CT molecular complexity index is 729. The van der Waals surface area contributed by atoms with Crippen molar-refractivity contribution in [2.45, 2.75) is 58.1 Å². The number of ether oxygens (including phenoxy) is 3. The number of nitrogens with one attached hydrogen (secondary N) is 1. The van der Waals surface area contributed by atoms with Gasteiger partial charge in [-0.15, -0.1) is 0 Å². The van der Waals surface area contributed by atoms with Gasteiger partial charge in [0.05, 0.1) is 24.7 Å². The monoisotopic (exact) mass is 394 g/mol. The molecule has 2 rings (SSSR count). The minimum Gasteiger partial charge on any atom is -0.493 e. The summed E-state index contributed by atoms with van der Waals surface area (Å²) in [5, 5.41) is 14.3. The van der Waals surface area contributed by atoms with E-state index in [0.29, 0.717) is 0 Å². The van der Waals surface area contributed by atoms with Gasteiger partial charge in [0.15, 0.2) is 17.6 Å². The van der Waals surface area contributed by atoms with Gasteiger partial charge in [0, 0.05) is 12.1 Å². The second-order valence-corrected chi connectivity index (χ2v) is 6.60. The van der Waals surface area contributed by atoms with Crippen molar-refractivity contribution >= 4 is 17.6 Å². The number of hydrogen-bond acceptors (Lipinski definition) is 7. The first-order valence-electron chi connectivity index (χ1n) is 9.38. The first-order valence-corrected chi connectivity index (χ1v) is 9.38. The number of carbonyl (C=O) groups is 2. The third kappa shape index (κ3) is 5.34. The molecule has 0 aromatic heterocycles. The minimum absolute atomic E-state index is 0.0716. The van der Waals surface area contributed by atoms with Gasteiger partial charge in [0.25, 0.3) is 11.6 Å². The van der Waals surface area contributed by atoms with Crippen molar-refractivity contribution in [3.8, 4) is 11.5 Å². The smallest absolute Gasteiger partial charge is 0.346 e. The van der Waals surface area contributed by atoms with Crippen LogP contribution in [0.25, 0.3) is 0 Å². The van der Waals surface area contributed by atoms with Gasteiger partial charge in [-0.2, -0.15) is 0 Å². The molecule has 9 heteroatoms. The molecule has 0 spiro atoms. The molecule has 9 nitrogen and oxygen atoms in total. The summed E-state index contributed by atoms with van der Waals surface area (Å²) < 4.78 is 15.6. The molecular formula is C19H26N2O7. The van der Waals surface area contributed by atoms with Crippen molar-refractivity contribution in [1.82, 2.24) is 5.32 Å². The number of amides is 1. The van der Waals surface area contributed by atoms with E-state index in [4.69, 9.17) is 14.2 Å². The summed E-state index contributed by atoms with van der Waals surface area (Å²) >= 11 is 0. The van der Waals surface area contributed by atoms with Crippen LogP contribution in [-0.4, -0.2) is 42.7 Å². The van der Waals surface area contributed by atoms with E-state index < -0.39 is 28.6 Å². The average Bonchev–Trinajstić information content (AvgIpc) is 2.68. The van der Waals surface area contributed by atoms with E-state index in [1.807, 2.05) is 0 Å². The second-order valence-electron chi connectivity index (χ2n) is 6.60. The maximum atomic E-state index is 12.5. The van der Waals surface area contributed by atoms with E-state index in [-0.39, 0.29) is 29.7 Å². The Morgan fingerprint density at radius 1 is 1.25 bits per heavy atom. The van der Waals surface area contributed by atoms with Crippen LogP contribution in [0.1, 0.15) is 56.3 Å². The van der Waals surface area contributed by atoms with Gasteiger partial charge < -0.3 is 19.5 Å². The predicted octanol–water partition coefficient (Wildman–Crippen LogP) is 3.00. The summed E-state index contributed by atoms with van der Waals surface area (Å²) in [6, 6.07) is 2.38. The molecule has 154 valence electrons. The Morgan fingerprint density at radius 3 is 2.50 bits per heavy atom. The maximum Gasteiger partial charge on any atom is 0.346 e. The molecule has 0 unspecified atom stereocenters. The van der Waals surface area contributed by atoms with Crippen LogP contribution in [0.5, 0.6) is 11.5 Å². The quantitative estimate of drug-likeness (QED) is 0.409. The van der Waals surface area contributed by atoms with E-state index >= 15 is 0 Å². The van der Waals surface area contributed by atoms with Gasteiger partial charge in [0.1, 0.15) is 5.56 Å². The predicted molar refractivity (Wildman–Crippen MR) is 101 cm³/mol. The molecule has 0 radical (unpaired) electrons. The SMILES string of the molecule is CCOc1cc([N+](=O)[O-])c(C(=O)O[C@H](C)C(=O)NC2CCCCC2)cc1OC. The average molecular weight is 394 g/mol. The molecule has 1 saturated carbocycles. The Kier molecular flexibility index (Phi) is 7.60. The number of rotatable bonds is 8. The van der Waals surface area contributed by atoms with Crippen LogP contribution in [0.4, 0.5) is 5.69 Å². The zero-order valence-corrected chi connectivity index (χ0v) is 16.4. The summed E-state index contributed by atoms with van der Waals surface area (Å²) in [6.07, 6.45) is 3.98. The third-order valence-electron chi connectivity index (χ3n) is 4.60. The summed E-state index contributed by atoms with van der Waals surface area (Å²) in [5.41, 5.74) is -0.781. The molecule has 1 aromatic rings. The highest BCUT2D eigenvalue weighted by Crippen LogP contribution is 2.35. The standard InChI is InChI=1S/C19H26N2O7/c1-4-27-17-11-15(21(24)25)14(10-16(17)26-3)19(23)28-12(2)18(22)20-13-8-6-5-7-9-13/h10-13H,4-9H2,1-3H3,(H,20,22)/t12-/m1/s1. The lowest BCUT2D eigenvalue weighted by atomic mass is 9.95. The van der Waals surface area contributed by atoms with Crippen LogP contribution in [0.3, 0.4) is 0 Å². The summed E-state index contributed by atoms with van der Waals surface area (Å²) in [7, 11) is 1.36. The number of nitro benzene ring substituents is 1. The molecule has 1 atom stereocenters. The molecular weight excluding hydrogens is 368 g/mol. The first kappa shape index (κ1) is 21.5. The zero-order valence-electron chi connectivity index (χ0n) is 16.4. The van der Waals surface area contributed by atoms with Crippen LogP contribution in [-0.2, 0) is 9.53 Å². The largest absolute Gasteiger partial charge is 0.493 e.